The van der Waals surface area contributed by atoms with E-state index in [0.29, 0.717) is 11.1 Å². The van der Waals surface area contributed by atoms with Crippen molar-refractivity contribution in [1.82, 2.24) is 14.8 Å². The second-order valence-electron chi connectivity index (χ2n) is 4.86. The Balaban J connectivity index is 2.02. The molecule has 0 aromatic carbocycles. The average molecular weight is 241 g/mol. The molecular weight excluding hydrogens is 222 g/mol. The summed E-state index contributed by atoms with van der Waals surface area (Å²) in [4.78, 5) is 0. The van der Waals surface area contributed by atoms with E-state index in [0.717, 1.165) is 12.5 Å². The van der Waals surface area contributed by atoms with E-state index in [9.17, 15) is 4.21 Å². The molecule has 1 aliphatic carbocycles. The molecule has 0 unspecified atom stereocenters. The average Bonchev–Trinajstić information content (AvgIpc) is 2.66. The van der Waals surface area contributed by atoms with Crippen LogP contribution in [0.1, 0.15) is 32.6 Å². The Kier molecular flexibility index (Phi) is 3.74. The normalized spacial score (nSPS) is 27.9. The smallest absolute Gasteiger partial charge is 0.221 e. The van der Waals surface area contributed by atoms with Crippen LogP contribution in [0.15, 0.2) is 11.5 Å². The Bertz CT molecular complexity index is 377. The minimum Gasteiger partial charge on any atom is -0.306 e. The van der Waals surface area contributed by atoms with E-state index in [1.165, 1.54) is 25.7 Å². The van der Waals surface area contributed by atoms with Crippen molar-refractivity contribution in [1.29, 1.82) is 0 Å². The van der Waals surface area contributed by atoms with Crippen molar-refractivity contribution < 1.29 is 4.21 Å². The number of hydrogen-bond donors (Lipinski definition) is 0. The van der Waals surface area contributed by atoms with Gasteiger partial charge in [-0.3, -0.25) is 4.21 Å². The molecule has 0 saturated heterocycles. The van der Waals surface area contributed by atoms with Crippen molar-refractivity contribution in [3.63, 3.8) is 0 Å². The maximum atomic E-state index is 11.4. The maximum absolute atomic E-state index is 11.4. The summed E-state index contributed by atoms with van der Waals surface area (Å²) in [7, 11) is -1.03. The van der Waals surface area contributed by atoms with Crippen LogP contribution in [-0.2, 0) is 17.3 Å². The van der Waals surface area contributed by atoms with Gasteiger partial charge < -0.3 is 4.57 Å². The summed E-state index contributed by atoms with van der Waals surface area (Å²) in [6.07, 6.45) is 8.58. The van der Waals surface area contributed by atoms with Crippen molar-refractivity contribution in [2.45, 2.75) is 44.3 Å². The molecule has 0 aliphatic heterocycles. The molecule has 0 N–H and O–H groups in total. The first-order valence-electron chi connectivity index (χ1n) is 5.88. The molecular formula is C11H19N3OS. The fourth-order valence-electron chi connectivity index (χ4n) is 2.60. The van der Waals surface area contributed by atoms with Gasteiger partial charge in [0.05, 0.1) is 10.8 Å². The van der Waals surface area contributed by atoms with Gasteiger partial charge in [0.15, 0.2) is 0 Å². The first-order valence-corrected chi connectivity index (χ1v) is 7.44. The van der Waals surface area contributed by atoms with E-state index in [-0.39, 0.29) is 0 Å². The van der Waals surface area contributed by atoms with E-state index in [2.05, 4.69) is 17.1 Å². The molecule has 1 fully saturated rings. The number of nitrogens with zero attached hydrogens (tertiary/aromatic N) is 3. The van der Waals surface area contributed by atoms with E-state index in [4.69, 9.17) is 0 Å². The molecule has 4 nitrogen and oxygen atoms in total. The van der Waals surface area contributed by atoms with E-state index in [1.807, 2.05) is 4.57 Å². The Morgan fingerprint density at radius 1 is 1.56 bits per heavy atom. The van der Waals surface area contributed by atoms with Crippen molar-refractivity contribution in [3.8, 4) is 0 Å². The highest BCUT2D eigenvalue weighted by Gasteiger charge is 2.20. The molecule has 16 heavy (non-hydrogen) atoms. The molecule has 0 amide bonds. The Labute approximate surface area is 98.9 Å². The molecule has 3 atom stereocenters. The summed E-state index contributed by atoms with van der Waals surface area (Å²) in [5, 5.41) is 8.37. The van der Waals surface area contributed by atoms with Gasteiger partial charge in [0.2, 0.25) is 5.16 Å². The van der Waals surface area contributed by atoms with Gasteiger partial charge in [-0.05, 0) is 24.7 Å². The van der Waals surface area contributed by atoms with Crippen LogP contribution in [0.4, 0.5) is 0 Å². The first-order chi connectivity index (χ1) is 7.66. The zero-order valence-corrected chi connectivity index (χ0v) is 10.7. The lowest BCUT2D eigenvalue weighted by molar-refractivity contribution is 0.252. The Hall–Kier alpha value is -0.710. The zero-order valence-electron chi connectivity index (χ0n) is 9.93. The third-order valence-electron chi connectivity index (χ3n) is 3.34. The SMILES string of the molecule is C[C@@H]1CCC[C@@H](Cn2cnnc2[S@](C)=O)C1. The third kappa shape index (κ3) is 2.70. The first kappa shape index (κ1) is 11.8. The highest BCUT2D eigenvalue weighted by Crippen LogP contribution is 2.29. The predicted molar refractivity (Wildman–Crippen MR) is 63.5 cm³/mol. The minimum atomic E-state index is -1.03. The van der Waals surface area contributed by atoms with Crippen LogP contribution in [-0.4, -0.2) is 25.2 Å². The molecule has 5 heteroatoms. The van der Waals surface area contributed by atoms with Crippen molar-refractivity contribution >= 4 is 10.8 Å². The fourth-order valence-corrected chi connectivity index (χ4v) is 3.21. The largest absolute Gasteiger partial charge is 0.306 e. The van der Waals surface area contributed by atoms with Gasteiger partial charge >= 0.3 is 0 Å². The minimum absolute atomic E-state index is 0.609. The van der Waals surface area contributed by atoms with Crippen LogP contribution in [0.5, 0.6) is 0 Å². The van der Waals surface area contributed by atoms with Crippen LogP contribution in [0.2, 0.25) is 0 Å². The lowest BCUT2D eigenvalue weighted by atomic mass is 9.82. The van der Waals surface area contributed by atoms with Gasteiger partial charge in [-0.15, -0.1) is 10.2 Å². The molecule has 0 radical (unpaired) electrons. The van der Waals surface area contributed by atoms with Crippen LogP contribution in [0.3, 0.4) is 0 Å². The fraction of sp³-hybridized carbons (Fsp3) is 0.818. The maximum Gasteiger partial charge on any atom is 0.221 e. The molecule has 1 saturated carbocycles. The number of aromatic nitrogens is 3. The standard InChI is InChI=1S/C11H19N3OS/c1-9-4-3-5-10(6-9)7-14-8-12-13-11(14)16(2)15/h8-10H,3-7H2,1-2H3/t9-,10-,16+/m1/s1. The van der Waals surface area contributed by atoms with Gasteiger partial charge in [0.25, 0.3) is 0 Å². The molecule has 0 spiro atoms. The summed E-state index contributed by atoms with van der Waals surface area (Å²) in [6.45, 7) is 3.24. The predicted octanol–water partition coefficient (Wildman–Crippen LogP) is 1.84. The second kappa shape index (κ2) is 5.08. The molecule has 1 aliphatic rings. The van der Waals surface area contributed by atoms with Crippen LogP contribution < -0.4 is 0 Å². The van der Waals surface area contributed by atoms with Gasteiger partial charge in [-0.1, -0.05) is 19.8 Å². The quantitative estimate of drug-likeness (QED) is 0.811. The van der Waals surface area contributed by atoms with Gasteiger partial charge in [-0.25, -0.2) is 0 Å². The molecule has 90 valence electrons. The Morgan fingerprint density at radius 3 is 3.06 bits per heavy atom. The molecule has 2 rings (SSSR count). The van der Waals surface area contributed by atoms with Crippen molar-refractivity contribution in [2.75, 3.05) is 6.26 Å². The third-order valence-corrected chi connectivity index (χ3v) is 4.17. The molecule has 1 aromatic heterocycles. The number of rotatable bonds is 3. The molecule has 0 bridgehead atoms. The van der Waals surface area contributed by atoms with Gasteiger partial charge in [0, 0.05) is 12.8 Å². The summed E-state index contributed by atoms with van der Waals surface area (Å²) >= 11 is 0. The lowest BCUT2D eigenvalue weighted by Gasteiger charge is -2.26. The summed E-state index contributed by atoms with van der Waals surface area (Å²) in [6, 6.07) is 0. The number of hydrogen-bond acceptors (Lipinski definition) is 3. The summed E-state index contributed by atoms with van der Waals surface area (Å²) < 4.78 is 13.4. The summed E-state index contributed by atoms with van der Waals surface area (Å²) in [5.41, 5.74) is 0. The van der Waals surface area contributed by atoms with Gasteiger partial charge in [0.1, 0.15) is 6.33 Å². The van der Waals surface area contributed by atoms with Crippen LogP contribution in [0, 0.1) is 11.8 Å². The van der Waals surface area contributed by atoms with E-state index in [1.54, 1.807) is 12.6 Å². The highest BCUT2D eigenvalue weighted by atomic mass is 32.2. The lowest BCUT2D eigenvalue weighted by Crippen LogP contribution is -2.19. The van der Waals surface area contributed by atoms with Gasteiger partial charge in [-0.2, -0.15) is 0 Å². The topological polar surface area (TPSA) is 47.8 Å². The molecule has 1 heterocycles. The zero-order chi connectivity index (χ0) is 11.5. The van der Waals surface area contributed by atoms with Crippen molar-refractivity contribution in [3.05, 3.63) is 6.33 Å². The highest BCUT2D eigenvalue weighted by molar-refractivity contribution is 7.84. The molecule has 1 aromatic rings. The van der Waals surface area contributed by atoms with E-state index < -0.39 is 10.8 Å². The van der Waals surface area contributed by atoms with Crippen molar-refractivity contribution in [2.24, 2.45) is 11.8 Å². The van der Waals surface area contributed by atoms with Crippen LogP contribution >= 0.6 is 0 Å². The summed E-state index contributed by atoms with van der Waals surface area (Å²) in [5.74, 6) is 1.52. The Morgan fingerprint density at radius 2 is 2.38 bits per heavy atom. The van der Waals surface area contributed by atoms with E-state index >= 15 is 0 Å². The second-order valence-corrected chi connectivity index (χ2v) is 6.13. The monoisotopic (exact) mass is 241 g/mol. The van der Waals surface area contributed by atoms with Crippen LogP contribution in [0.25, 0.3) is 0 Å².